The normalized spacial score (nSPS) is 13.7. The summed E-state index contributed by atoms with van der Waals surface area (Å²) in [5.74, 6) is -0.347. The van der Waals surface area contributed by atoms with Gasteiger partial charge in [-0.1, -0.05) is 24.3 Å². The second-order valence-corrected chi connectivity index (χ2v) is 6.56. The summed E-state index contributed by atoms with van der Waals surface area (Å²) in [6, 6.07) is 13.6. The highest BCUT2D eigenvalue weighted by atomic mass is 19.1. The van der Waals surface area contributed by atoms with Crippen molar-refractivity contribution in [2.45, 2.75) is 32.0 Å². The van der Waals surface area contributed by atoms with Gasteiger partial charge in [-0.05, 0) is 42.7 Å². The Morgan fingerprint density at radius 1 is 1.15 bits per heavy atom. The summed E-state index contributed by atoms with van der Waals surface area (Å²) >= 11 is 0. The maximum atomic E-state index is 13.1. The fourth-order valence-corrected chi connectivity index (χ4v) is 3.10. The van der Waals surface area contributed by atoms with Gasteiger partial charge < -0.3 is 4.90 Å². The molecule has 132 valence electrons. The van der Waals surface area contributed by atoms with Crippen molar-refractivity contribution in [3.05, 3.63) is 76.3 Å². The van der Waals surface area contributed by atoms with Gasteiger partial charge in [-0.3, -0.25) is 14.3 Å². The fourth-order valence-electron chi connectivity index (χ4n) is 3.10. The number of nitrogens with zero attached hydrogens (tertiary/aromatic N) is 3. The smallest absolute Gasteiger partial charge is 0.244 e. The van der Waals surface area contributed by atoms with Gasteiger partial charge in [0.25, 0.3) is 0 Å². The quantitative estimate of drug-likeness (QED) is 0.710. The van der Waals surface area contributed by atoms with E-state index in [4.69, 9.17) is 0 Å². The topological polar surface area (TPSA) is 55.2 Å². The highest BCUT2D eigenvalue weighted by molar-refractivity contribution is 5.81. The number of halogens is 1. The van der Waals surface area contributed by atoms with E-state index in [1.165, 1.54) is 18.3 Å². The van der Waals surface area contributed by atoms with E-state index in [1.54, 1.807) is 35.0 Å². The summed E-state index contributed by atoms with van der Waals surface area (Å²) in [4.78, 5) is 26.7. The van der Waals surface area contributed by atoms with E-state index < -0.39 is 0 Å². The van der Waals surface area contributed by atoms with Gasteiger partial charge in [-0.2, -0.15) is 5.10 Å². The van der Waals surface area contributed by atoms with Crippen molar-refractivity contribution in [2.24, 2.45) is 0 Å². The second kappa shape index (κ2) is 6.71. The maximum Gasteiger partial charge on any atom is 0.244 e. The highest BCUT2D eigenvalue weighted by Crippen LogP contribution is 2.29. The Balaban J connectivity index is 1.59. The van der Waals surface area contributed by atoms with Crippen LogP contribution in [0.3, 0.4) is 0 Å². The average molecular weight is 351 g/mol. The van der Waals surface area contributed by atoms with Gasteiger partial charge in [0.05, 0.1) is 11.7 Å². The van der Waals surface area contributed by atoms with E-state index in [9.17, 15) is 14.0 Å². The molecule has 0 aliphatic heterocycles. The van der Waals surface area contributed by atoms with Crippen molar-refractivity contribution in [3.63, 3.8) is 0 Å². The third kappa shape index (κ3) is 3.35. The molecule has 1 amide bonds. The third-order valence-electron chi connectivity index (χ3n) is 4.62. The van der Waals surface area contributed by atoms with Crippen LogP contribution in [-0.4, -0.2) is 26.6 Å². The molecule has 0 bridgehead atoms. The molecule has 2 aromatic carbocycles. The van der Waals surface area contributed by atoms with Gasteiger partial charge in [-0.25, -0.2) is 4.39 Å². The first-order chi connectivity index (χ1) is 12.6. The van der Waals surface area contributed by atoms with Gasteiger partial charge in [0.2, 0.25) is 11.3 Å². The minimum Gasteiger partial charge on any atom is -0.334 e. The highest BCUT2D eigenvalue weighted by Gasteiger charge is 2.32. The van der Waals surface area contributed by atoms with Crippen LogP contribution >= 0.6 is 0 Å². The minimum absolute atomic E-state index is 0.0573. The predicted molar refractivity (Wildman–Crippen MR) is 96.0 cm³/mol. The zero-order chi connectivity index (χ0) is 18.1. The summed E-state index contributed by atoms with van der Waals surface area (Å²) in [6.07, 6.45) is 3.20. The summed E-state index contributed by atoms with van der Waals surface area (Å²) in [5.41, 5.74) is 1.38. The van der Waals surface area contributed by atoms with Crippen LogP contribution in [0.1, 0.15) is 18.4 Å². The molecule has 0 atom stereocenters. The molecule has 0 spiro atoms. The maximum absolute atomic E-state index is 13.1. The molecule has 1 aliphatic rings. The van der Waals surface area contributed by atoms with Crippen LogP contribution in [0.2, 0.25) is 0 Å². The Labute approximate surface area is 149 Å². The molecule has 0 radical (unpaired) electrons. The Hall–Kier alpha value is -3.02. The zero-order valence-corrected chi connectivity index (χ0v) is 14.1. The van der Waals surface area contributed by atoms with E-state index >= 15 is 0 Å². The lowest BCUT2D eigenvalue weighted by Crippen LogP contribution is -2.36. The molecule has 4 rings (SSSR count). The van der Waals surface area contributed by atoms with Crippen molar-refractivity contribution >= 4 is 16.8 Å². The molecule has 26 heavy (non-hydrogen) atoms. The van der Waals surface area contributed by atoms with Crippen molar-refractivity contribution in [2.75, 3.05) is 0 Å². The molecular formula is C20H18FN3O2. The molecule has 3 aromatic rings. The standard InChI is InChI=1S/C20H18FN3O2/c21-15-7-5-14(6-8-15)12-23(16-9-10-16)20(26)13-24-18-4-2-1-3-17(18)19(25)11-22-24/h1-8,11,16H,9-10,12-13H2. The first-order valence-corrected chi connectivity index (χ1v) is 8.60. The summed E-state index contributed by atoms with van der Waals surface area (Å²) in [7, 11) is 0. The molecule has 1 heterocycles. The Morgan fingerprint density at radius 2 is 1.88 bits per heavy atom. The number of hydrogen-bond donors (Lipinski definition) is 0. The van der Waals surface area contributed by atoms with Crippen molar-refractivity contribution in [3.8, 4) is 0 Å². The first kappa shape index (κ1) is 16.4. The van der Waals surface area contributed by atoms with Crippen LogP contribution in [0, 0.1) is 5.82 Å². The molecular weight excluding hydrogens is 333 g/mol. The molecule has 0 unspecified atom stereocenters. The molecule has 0 saturated heterocycles. The average Bonchev–Trinajstić information content (AvgIpc) is 3.49. The lowest BCUT2D eigenvalue weighted by molar-refractivity contribution is -0.133. The number of carbonyl (C=O) groups excluding carboxylic acids is 1. The number of benzene rings is 2. The number of aromatic nitrogens is 2. The molecule has 1 aromatic heterocycles. The second-order valence-electron chi connectivity index (χ2n) is 6.56. The Morgan fingerprint density at radius 3 is 2.62 bits per heavy atom. The van der Waals surface area contributed by atoms with Gasteiger partial charge in [0, 0.05) is 18.0 Å². The Bertz CT molecular complexity index is 1010. The van der Waals surface area contributed by atoms with E-state index in [0.29, 0.717) is 17.4 Å². The molecule has 0 N–H and O–H groups in total. The Kier molecular flexibility index (Phi) is 4.24. The van der Waals surface area contributed by atoms with E-state index in [-0.39, 0.29) is 29.7 Å². The number of carbonyl (C=O) groups is 1. The van der Waals surface area contributed by atoms with Gasteiger partial charge in [0.15, 0.2) is 0 Å². The number of fused-ring (bicyclic) bond motifs is 1. The van der Waals surface area contributed by atoms with Crippen LogP contribution in [-0.2, 0) is 17.9 Å². The predicted octanol–water partition coefficient (Wildman–Crippen LogP) is 2.73. The van der Waals surface area contributed by atoms with Gasteiger partial charge in [0.1, 0.15) is 12.4 Å². The number of para-hydroxylation sites is 1. The molecule has 1 fully saturated rings. The molecule has 1 saturated carbocycles. The monoisotopic (exact) mass is 351 g/mol. The van der Waals surface area contributed by atoms with Crippen molar-refractivity contribution < 1.29 is 9.18 Å². The van der Waals surface area contributed by atoms with Crippen LogP contribution < -0.4 is 5.43 Å². The van der Waals surface area contributed by atoms with E-state index in [2.05, 4.69) is 5.10 Å². The van der Waals surface area contributed by atoms with E-state index in [0.717, 1.165) is 18.4 Å². The van der Waals surface area contributed by atoms with Gasteiger partial charge >= 0.3 is 0 Å². The number of amides is 1. The third-order valence-corrected chi connectivity index (χ3v) is 4.62. The van der Waals surface area contributed by atoms with Crippen LogP contribution in [0.5, 0.6) is 0 Å². The number of rotatable bonds is 5. The molecule has 5 nitrogen and oxygen atoms in total. The molecule has 6 heteroatoms. The van der Waals surface area contributed by atoms with Gasteiger partial charge in [-0.15, -0.1) is 0 Å². The first-order valence-electron chi connectivity index (χ1n) is 8.60. The molecule has 1 aliphatic carbocycles. The van der Waals surface area contributed by atoms with Crippen molar-refractivity contribution in [1.82, 2.24) is 14.7 Å². The summed E-state index contributed by atoms with van der Waals surface area (Å²) in [5, 5.41) is 4.68. The lowest BCUT2D eigenvalue weighted by atomic mass is 10.2. The number of hydrogen-bond acceptors (Lipinski definition) is 3. The fraction of sp³-hybridized carbons (Fsp3) is 0.250. The van der Waals surface area contributed by atoms with Crippen molar-refractivity contribution in [1.29, 1.82) is 0 Å². The van der Waals surface area contributed by atoms with Crippen LogP contribution in [0.4, 0.5) is 4.39 Å². The van der Waals surface area contributed by atoms with Crippen LogP contribution in [0.15, 0.2) is 59.5 Å². The van der Waals surface area contributed by atoms with Crippen LogP contribution in [0.25, 0.3) is 10.9 Å². The minimum atomic E-state index is -0.290. The van der Waals surface area contributed by atoms with E-state index in [1.807, 2.05) is 11.0 Å². The SMILES string of the molecule is O=C(Cn1ncc(=O)c2ccccc21)N(Cc1ccc(F)cc1)C1CC1. The zero-order valence-electron chi connectivity index (χ0n) is 14.1. The summed E-state index contributed by atoms with van der Waals surface area (Å²) < 4.78 is 14.7. The largest absolute Gasteiger partial charge is 0.334 e. The lowest BCUT2D eigenvalue weighted by Gasteiger charge is -2.23. The summed E-state index contributed by atoms with van der Waals surface area (Å²) in [6.45, 7) is 0.514.